The van der Waals surface area contributed by atoms with Crippen molar-refractivity contribution in [3.63, 3.8) is 0 Å². The van der Waals surface area contributed by atoms with Crippen molar-refractivity contribution in [3.8, 4) is 0 Å². The zero-order valence-corrected chi connectivity index (χ0v) is 11.8. The molecule has 0 unspecified atom stereocenters. The SMILES string of the molecule is CN(CCS(C)(=O)=O)S(=O)(=O)c1ccccc1N. The lowest BCUT2D eigenvalue weighted by Gasteiger charge is -2.17. The van der Waals surface area contributed by atoms with E-state index in [1.165, 1.54) is 19.2 Å². The Bertz CT molecular complexity index is 623. The number of rotatable bonds is 5. The number of nitrogen functional groups attached to an aromatic ring is 1. The molecule has 1 aromatic carbocycles. The molecule has 0 amide bonds. The first-order valence-corrected chi connectivity index (χ1v) is 8.63. The summed E-state index contributed by atoms with van der Waals surface area (Å²) >= 11 is 0. The zero-order valence-electron chi connectivity index (χ0n) is 10.2. The molecular formula is C10H16N2O4S2. The largest absolute Gasteiger partial charge is 0.398 e. The number of para-hydroxylation sites is 1. The van der Waals surface area contributed by atoms with Crippen LogP contribution in [0.15, 0.2) is 29.2 Å². The topological polar surface area (TPSA) is 97.5 Å². The quantitative estimate of drug-likeness (QED) is 0.766. The monoisotopic (exact) mass is 292 g/mol. The standard InChI is InChI=1S/C10H16N2O4S2/c1-12(7-8-17(2,13)14)18(15,16)10-6-4-3-5-9(10)11/h3-6H,7-8,11H2,1-2H3. The maximum atomic E-state index is 12.1. The molecule has 2 N–H and O–H groups in total. The normalized spacial score (nSPS) is 12.8. The lowest BCUT2D eigenvalue weighted by molar-refractivity contribution is 0.485. The van der Waals surface area contributed by atoms with E-state index in [1.54, 1.807) is 12.1 Å². The van der Waals surface area contributed by atoms with E-state index in [1.807, 2.05) is 0 Å². The van der Waals surface area contributed by atoms with Crippen LogP contribution in [0.5, 0.6) is 0 Å². The van der Waals surface area contributed by atoms with E-state index in [-0.39, 0.29) is 22.9 Å². The molecule has 0 bridgehead atoms. The molecule has 0 saturated heterocycles. The van der Waals surface area contributed by atoms with Gasteiger partial charge in [-0.15, -0.1) is 0 Å². The van der Waals surface area contributed by atoms with Gasteiger partial charge in [0.15, 0.2) is 0 Å². The van der Waals surface area contributed by atoms with Crippen LogP contribution in [0.2, 0.25) is 0 Å². The van der Waals surface area contributed by atoms with Crippen LogP contribution in [-0.2, 0) is 19.9 Å². The number of nitrogens with two attached hydrogens (primary N) is 1. The van der Waals surface area contributed by atoms with Gasteiger partial charge in [-0.3, -0.25) is 0 Å². The maximum Gasteiger partial charge on any atom is 0.244 e. The third-order valence-corrected chi connectivity index (χ3v) is 5.24. The fourth-order valence-electron chi connectivity index (χ4n) is 1.30. The number of sulfone groups is 1. The molecule has 0 aliphatic rings. The van der Waals surface area contributed by atoms with Crippen LogP contribution >= 0.6 is 0 Å². The summed E-state index contributed by atoms with van der Waals surface area (Å²) < 4.78 is 47.3. The molecule has 0 aromatic heterocycles. The second kappa shape index (κ2) is 5.25. The molecule has 0 atom stereocenters. The third kappa shape index (κ3) is 3.69. The second-order valence-electron chi connectivity index (χ2n) is 3.99. The van der Waals surface area contributed by atoms with Crippen molar-refractivity contribution in [3.05, 3.63) is 24.3 Å². The summed E-state index contributed by atoms with van der Waals surface area (Å²) in [6.07, 6.45) is 1.06. The Morgan fingerprint density at radius 2 is 1.72 bits per heavy atom. The summed E-state index contributed by atoms with van der Waals surface area (Å²) in [6, 6.07) is 6.07. The molecule has 0 saturated carbocycles. The molecule has 0 aliphatic heterocycles. The van der Waals surface area contributed by atoms with Gasteiger partial charge >= 0.3 is 0 Å². The Labute approximate surface area is 107 Å². The van der Waals surface area contributed by atoms with Crippen molar-refractivity contribution >= 4 is 25.5 Å². The average molecular weight is 292 g/mol. The highest BCUT2D eigenvalue weighted by Gasteiger charge is 2.23. The number of sulfonamides is 1. The first-order valence-electron chi connectivity index (χ1n) is 5.13. The summed E-state index contributed by atoms with van der Waals surface area (Å²) in [6.45, 7) is -0.102. The van der Waals surface area contributed by atoms with Gasteiger partial charge in [0.05, 0.1) is 11.4 Å². The van der Waals surface area contributed by atoms with E-state index < -0.39 is 19.9 Å². The molecule has 0 radical (unpaired) electrons. The molecule has 1 aromatic rings. The molecule has 18 heavy (non-hydrogen) atoms. The Hall–Kier alpha value is -1.12. The van der Waals surface area contributed by atoms with Crippen LogP contribution in [0.25, 0.3) is 0 Å². The van der Waals surface area contributed by atoms with E-state index in [9.17, 15) is 16.8 Å². The van der Waals surface area contributed by atoms with Crippen molar-refractivity contribution in [1.82, 2.24) is 4.31 Å². The Morgan fingerprint density at radius 1 is 1.17 bits per heavy atom. The summed E-state index contributed by atoms with van der Waals surface area (Å²) in [5.74, 6) is -0.227. The van der Waals surface area contributed by atoms with Gasteiger partial charge in [0.1, 0.15) is 14.7 Å². The van der Waals surface area contributed by atoms with Gasteiger partial charge in [0.2, 0.25) is 10.0 Å². The van der Waals surface area contributed by atoms with Crippen LogP contribution in [0.3, 0.4) is 0 Å². The average Bonchev–Trinajstić information content (AvgIpc) is 2.25. The summed E-state index contributed by atoms with van der Waals surface area (Å²) in [5.41, 5.74) is 5.74. The Morgan fingerprint density at radius 3 is 2.22 bits per heavy atom. The van der Waals surface area contributed by atoms with E-state index in [0.29, 0.717) is 0 Å². The zero-order chi connectivity index (χ0) is 14.0. The third-order valence-electron chi connectivity index (χ3n) is 2.38. The van der Waals surface area contributed by atoms with Gasteiger partial charge in [0, 0.05) is 19.8 Å². The molecule has 0 spiro atoms. The number of benzene rings is 1. The summed E-state index contributed by atoms with van der Waals surface area (Å²) in [7, 11) is -5.63. The molecule has 0 heterocycles. The van der Waals surface area contributed by atoms with Crippen molar-refractivity contribution in [2.45, 2.75) is 4.90 Å². The van der Waals surface area contributed by atoms with Gasteiger partial charge in [-0.1, -0.05) is 12.1 Å². The lowest BCUT2D eigenvalue weighted by Crippen LogP contribution is -2.31. The molecule has 0 fully saturated rings. The Balaban J connectivity index is 2.98. The number of anilines is 1. The minimum atomic E-state index is -3.75. The number of hydrogen-bond donors (Lipinski definition) is 1. The van der Waals surface area contributed by atoms with Crippen LogP contribution in [-0.4, -0.2) is 46.7 Å². The minimum absolute atomic E-state index is 0.0130. The second-order valence-corrected chi connectivity index (χ2v) is 8.27. The summed E-state index contributed by atoms with van der Waals surface area (Å²) in [4.78, 5) is -0.0130. The van der Waals surface area contributed by atoms with Gasteiger partial charge in [-0.2, -0.15) is 4.31 Å². The molecule has 8 heteroatoms. The van der Waals surface area contributed by atoms with Gasteiger partial charge in [-0.05, 0) is 12.1 Å². The highest BCUT2D eigenvalue weighted by molar-refractivity contribution is 7.91. The lowest BCUT2D eigenvalue weighted by atomic mass is 10.3. The molecule has 0 aliphatic carbocycles. The maximum absolute atomic E-state index is 12.1. The van der Waals surface area contributed by atoms with Crippen LogP contribution in [0, 0.1) is 0 Å². The van der Waals surface area contributed by atoms with Gasteiger partial charge in [-0.25, -0.2) is 16.8 Å². The predicted octanol–water partition coefficient (Wildman–Crippen LogP) is -0.0661. The highest BCUT2D eigenvalue weighted by atomic mass is 32.2. The van der Waals surface area contributed by atoms with Crippen molar-refractivity contribution < 1.29 is 16.8 Å². The van der Waals surface area contributed by atoms with Crippen LogP contribution < -0.4 is 5.73 Å². The first kappa shape index (κ1) is 14.9. The number of nitrogens with zero attached hydrogens (tertiary/aromatic N) is 1. The van der Waals surface area contributed by atoms with Gasteiger partial charge < -0.3 is 5.73 Å². The first-order chi connectivity index (χ1) is 8.14. The highest BCUT2D eigenvalue weighted by Crippen LogP contribution is 2.20. The van der Waals surface area contributed by atoms with E-state index in [2.05, 4.69) is 0 Å². The van der Waals surface area contributed by atoms with Crippen molar-refractivity contribution in [1.29, 1.82) is 0 Å². The fourth-order valence-corrected chi connectivity index (χ4v) is 3.30. The van der Waals surface area contributed by atoms with Crippen LogP contribution in [0.4, 0.5) is 5.69 Å². The van der Waals surface area contributed by atoms with Crippen molar-refractivity contribution in [2.75, 3.05) is 31.3 Å². The van der Waals surface area contributed by atoms with E-state index in [4.69, 9.17) is 5.73 Å². The fraction of sp³-hybridized carbons (Fsp3) is 0.400. The molecular weight excluding hydrogens is 276 g/mol. The van der Waals surface area contributed by atoms with E-state index in [0.717, 1.165) is 10.6 Å². The Kier molecular flexibility index (Phi) is 4.36. The molecule has 1 rings (SSSR count). The predicted molar refractivity (Wildman–Crippen MR) is 70.4 cm³/mol. The molecule has 6 nitrogen and oxygen atoms in total. The van der Waals surface area contributed by atoms with Gasteiger partial charge in [0.25, 0.3) is 0 Å². The smallest absolute Gasteiger partial charge is 0.244 e. The minimum Gasteiger partial charge on any atom is -0.398 e. The number of hydrogen-bond acceptors (Lipinski definition) is 5. The van der Waals surface area contributed by atoms with E-state index >= 15 is 0 Å². The van der Waals surface area contributed by atoms with Crippen molar-refractivity contribution in [2.24, 2.45) is 0 Å². The molecule has 102 valence electrons. The van der Waals surface area contributed by atoms with Crippen LogP contribution in [0.1, 0.15) is 0 Å². The summed E-state index contributed by atoms with van der Waals surface area (Å²) in [5, 5.41) is 0.